The molecule has 0 aliphatic rings. The predicted molar refractivity (Wildman–Crippen MR) is 91.3 cm³/mol. The minimum Gasteiger partial charge on any atom is -0.462 e. The number of hydrogen-bond donors (Lipinski definition) is 1. The summed E-state index contributed by atoms with van der Waals surface area (Å²) in [5.74, 6) is 0.207. The first-order valence-electron chi connectivity index (χ1n) is 8.06. The van der Waals surface area contributed by atoms with E-state index in [2.05, 4.69) is 25.8 Å². The van der Waals surface area contributed by atoms with Crippen LogP contribution in [-0.4, -0.2) is 42.4 Å². The quantitative estimate of drug-likeness (QED) is 0.706. The van der Waals surface area contributed by atoms with Crippen LogP contribution in [0.15, 0.2) is 24.5 Å². The van der Waals surface area contributed by atoms with Gasteiger partial charge in [-0.2, -0.15) is 9.90 Å². The van der Waals surface area contributed by atoms with Crippen LogP contribution in [0.3, 0.4) is 0 Å². The van der Waals surface area contributed by atoms with Gasteiger partial charge in [-0.1, -0.05) is 0 Å². The molecular weight excluding hydrogens is 322 g/mol. The van der Waals surface area contributed by atoms with E-state index in [1.54, 1.807) is 22.4 Å². The summed E-state index contributed by atoms with van der Waals surface area (Å²) in [6, 6.07) is 3.70. The Kier molecular flexibility index (Phi) is 4.39. The van der Waals surface area contributed by atoms with E-state index in [-0.39, 0.29) is 11.5 Å². The third-order valence-corrected chi connectivity index (χ3v) is 3.52. The maximum absolute atomic E-state index is 12.0. The van der Waals surface area contributed by atoms with Gasteiger partial charge in [-0.3, -0.25) is 0 Å². The lowest BCUT2D eigenvalue weighted by Gasteiger charge is -2.15. The van der Waals surface area contributed by atoms with Gasteiger partial charge in [0.2, 0.25) is 0 Å². The third-order valence-electron chi connectivity index (χ3n) is 3.52. The number of tetrazole rings is 1. The average Bonchev–Trinajstić information content (AvgIpc) is 3.19. The van der Waals surface area contributed by atoms with Crippen molar-refractivity contribution in [1.82, 2.24) is 29.8 Å². The summed E-state index contributed by atoms with van der Waals surface area (Å²) >= 11 is 0. The number of hydrogen-bond acceptors (Lipinski definition) is 7. The van der Waals surface area contributed by atoms with Crippen molar-refractivity contribution >= 4 is 17.2 Å². The maximum Gasteiger partial charge on any atom is 0.341 e. The number of nitrogens with zero attached hydrogens (tertiary/aromatic N) is 6. The Labute approximate surface area is 145 Å². The van der Waals surface area contributed by atoms with Crippen LogP contribution in [0.5, 0.6) is 0 Å². The lowest BCUT2D eigenvalue weighted by Crippen LogP contribution is -2.24. The second-order valence-corrected chi connectivity index (χ2v) is 6.54. The van der Waals surface area contributed by atoms with Gasteiger partial charge in [0.1, 0.15) is 5.56 Å². The Hall–Kier alpha value is -2.97. The van der Waals surface area contributed by atoms with Crippen molar-refractivity contribution in [3.8, 4) is 0 Å². The highest BCUT2D eigenvalue weighted by Crippen LogP contribution is 2.17. The molecule has 0 radical (unpaired) electrons. The molecule has 3 aromatic rings. The lowest BCUT2D eigenvalue weighted by atomic mass is 10.1. The van der Waals surface area contributed by atoms with E-state index in [4.69, 9.17) is 4.74 Å². The minimum atomic E-state index is -0.385. The zero-order chi connectivity index (χ0) is 18.0. The van der Waals surface area contributed by atoms with Crippen molar-refractivity contribution in [2.45, 2.75) is 39.8 Å². The van der Waals surface area contributed by atoms with Crippen molar-refractivity contribution in [3.05, 3.63) is 35.9 Å². The van der Waals surface area contributed by atoms with Gasteiger partial charge in [-0.15, -0.1) is 10.2 Å². The molecule has 3 aromatic heterocycles. The number of carbonyl (C=O) groups excluding carboxylic acids is 1. The zero-order valence-corrected chi connectivity index (χ0v) is 14.7. The molecule has 3 rings (SSSR count). The number of fused-ring (bicyclic) bond motifs is 1. The standard InChI is InChI=1S/C16H21N7O2/c1-5-25-15(24)12-9-18-22-7-6-11(8-13(12)22)17-10-14-19-21-23(20-14)16(2,3)4/h6-9,17H,5,10H2,1-4H3. The number of carbonyl (C=O) groups is 1. The largest absolute Gasteiger partial charge is 0.462 e. The van der Waals surface area contributed by atoms with Crippen molar-refractivity contribution in [2.75, 3.05) is 11.9 Å². The number of esters is 1. The lowest BCUT2D eigenvalue weighted by molar-refractivity contribution is 0.0528. The van der Waals surface area contributed by atoms with E-state index >= 15 is 0 Å². The van der Waals surface area contributed by atoms with E-state index in [1.165, 1.54) is 6.20 Å². The number of nitrogens with one attached hydrogen (secondary N) is 1. The van der Waals surface area contributed by atoms with Crippen LogP contribution < -0.4 is 5.32 Å². The monoisotopic (exact) mass is 343 g/mol. The molecule has 9 nitrogen and oxygen atoms in total. The average molecular weight is 343 g/mol. The molecule has 0 fully saturated rings. The van der Waals surface area contributed by atoms with Gasteiger partial charge in [-0.05, 0) is 45.0 Å². The second kappa shape index (κ2) is 6.50. The Morgan fingerprint density at radius 3 is 2.84 bits per heavy atom. The summed E-state index contributed by atoms with van der Waals surface area (Å²) in [5.41, 5.74) is 1.72. The van der Waals surface area contributed by atoms with Gasteiger partial charge < -0.3 is 10.1 Å². The van der Waals surface area contributed by atoms with Crippen molar-refractivity contribution in [2.24, 2.45) is 0 Å². The molecule has 25 heavy (non-hydrogen) atoms. The molecular formula is C16H21N7O2. The molecule has 1 N–H and O–H groups in total. The predicted octanol–water partition coefficient (Wildman–Crippen LogP) is 1.86. The normalized spacial score (nSPS) is 11.7. The van der Waals surface area contributed by atoms with Gasteiger partial charge in [0.15, 0.2) is 5.82 Å². The van der Waals surface area contributed by atoms with Crippen LogP contribution in [0.2, 0.25) is 0 Å². The first-order valence-corrected chi connectivity index (χ1v) is 8.06. The number of rotatable bonds is 5. The van der Waals surface area contributed by atoms with Crippen LogP contribution in [0, 0.1) is 0 Å². The smallest absolute Gasteiger partial charge is 0.341 e. The highest BCUT2D eigenvalue weighted by molar-refractivity contribution is 5.97. The summed E-state index contributed by atoms with van der Waals surface area (Å²) < 4.78 is 6.68. The molecule has 3 heterocycles. The SMILES string of the molecule is CCOC(=O)c1cnn2ccc(NCc3nnn(C(C)(C)C)n3)cc12. The van der Waals surface area contributed by atoms with E-state index in [0.717, 1.165) is 5.69 Å². The molecule has 0 saturated heterocycles. The summed E-state index contributed by atoms with van der Waals surface area (Å²) in [5, 5.41) is 19.9. The summed E-state index contributed by atoms with van der Waals surface area (Å²) in [7, 11) is 0. The summed E-state index contributed by atoms with van der Waals surface area (Å²) in [6.45, 7) is 8.55. The van der Waals surface area contributed by atoms with Gasteiger partial charge in [0.25, 0.3) is 0 Å². The van der Waals surface area contributed by atoms with Crippen molar-refractivity contribution in [1.29, 1.82) is 0 Å². The number of pyridine rings is 1. The summed E-state index contributed by atoms with van der Waals surface area (Å²) in [4.78, 5) is 13.6. The molecule has 132 valence electrons. The van der Waals surface area contributed by atoms with Gasteiger partial charge in [0.05, 0.1) is 30.4 Å². The van der Waals surface area contributed by atoms with Crippen molar-refractivity contribution in [3.63, 3.8) is 0 Å². The van der Waals surface area contributed by atoms with E-state index < -0.39 is 0 Å². The number of ether oxygens (including phenoxy) is 1. The van der Waals surface area contributed by atoms with E-state index in [9.17, 15) is 4.79 Å². The molecule has 0 atom stereocenters. The Morgan fingerprint density at radius 1 is 1.36 bits per heavy atom. The van der Waals surface area contributed by atoms with E-state index in [1.807, 2.05) is 32.9 Å². The van der Waals surface area contributed by atoms with E-state index in [0.29, 0.717) is 30.1 Å². The molecule has 0 aliphatic heterocycles. The fourth-order valence-electron chi connectivity index (χ4n) is 2.24. The van der Waals surface area contributed by atoms with Gasteiger partial charge in [0, 0.05) is 11.9 Å². The Morgan fingerprint density at radius 2 is 2.16 bits per heavy atom. The first-order chi connectivity index (χ1) is 11.9. The maximum atomic E-state index is 12.0. The third kappa shape index (κ3) is 3.59. The summed E-state index contributed by atoms with van der Waals surface area (Å²) in [6.07, 6.45) is 3.29. The second-order valence-electron chi connectivity index (χ2n) is 6.54. The first kappa shape index (κ1) is 16.9. The topological polar surface area (TPSA) is 99.2 Å². The molecule has 0 saturated carbocycles. The van der Waals surface area contributed by atoms with Crippen LogP contribution >= 0.6 is 0 Å². The Balaban J connectivity index is 1.76. The Bertz CT molecular complexity index is 891. The van der Waals surface area contributed by atoms with Crippen LogP contribution in [0.1, 0.15) is 43.9 Å². The molecule has 0 unspecified atom stereocenters. The molecule has 0 aromatic carbocycles. The number of anilines is 1. The molecule has 0 spiro atoms. The molecule has 0 amide bonds. The molecule has 0 bridgehead atoms. The van der Waals surface area contributed by atoms with Gasteiger partial charge in [-0.25, -0.2) is 9.31 Å². The van der Waals surface area contributed by atoms with Gasteiger partial charge >= 0.3 is 5.97 Å². The fraction of sp³-hybridized carbons (Fsp3) is 0.438. The zero-order valence-electron chi connectivity index (χ0n) is 14.7. The number of aromatic nitrogens is 6. The highest BCUT2D eigenvalue weighted by atomic mass is 16.5. The highest BCUT2D eigenvalue weighted by Gasteiger charge is 2.17. The van der Waals surface area contributed by atoms with Crippen LogP contribution in [-0.2, 0) is 16.8 Å². The molecule has 0 aliphatic carbocycles. The van der Waals surface area contributed by atoms with Crippen LogP contribution in [0.25, 0.3) is 5.52 Å². The van der Waals surface area contributed by atoms with Crippen LogP contribution in [0.4, 0.5) is 5.69 Å². The van der Waals surface area contributed by atoms with Crippen molar-refractivity contribution < 1.29 is 9.53 Å². The molecule has 9 heteroatoms. The fourth-order valence-corrected chi connectivity index (χ4v) is 2.24. The minimum absolute atomic E-state index is 0.212.